The van der Waals surface area contributed by atoms with E-state index in [0.29, 0.717) is 19.0 Å². The number of hydrogen-bond acceptors (Lipinski definition) is 2. The lowest BCUT2D eigenvalue weighted by Crippen LogP contribution is -2.27. The molecule has 0 aromatic carbocycles. The largest absolute Gasteiger partial charge is 0.353 e. The van der Waals surface area contributed by atoms with Crippen LogP contribution in [0.15, 0.2) is 24.8 Å². The van der Waals surface area contributed by atoms with Gasteiger partial charge in [-0.05, 0) is 36.3 Å². The quantitative estimate of drug-likeness (QED) is 0.637. The van der Waals surface area contributed by atoms with Crippen LogP contribution in [0.25, 0.3) is 0 Å². The van der Waals surface area contributed by atoms with E-state index in [1.807, 2.05) is 6.08 Å². The molecule has 0 rings (SSSR count). The molecule has 0 spiro atoms. The van der Waals surface area contributed by atoms with Gasteiger partial charge in [-0.15, -0.1) is 0 Å². The molecule has 20 heavy (non-hydrogen) atoms. The summed E-state index contributed by atoms with van der Waals surface area (Å²) in [6, 6.07) is 0. The lowest BCUT2D eigenvalue weighted by molar-refractivity contribution is -0.117. The van der Waals surface area contributed by atoms with E-state index >= 15 is 0 Å². The van der Waals surface area contributed by atoms with Crippen LogP contribution in [0.3, 0.4) is 0 Å². The Balaban J connectivity index is 3.98. The second-order valence-corrected chi connectivity index (χ2v) is 6.15. The van der Waals surface area contributed by atoms with Crippen molar-refractivity contribution in [2.75, 3.05) is 13.1 Å². The fourth-order valence-electron chi connectivity index (χ4n) is 1.55. The molecule has 0 heterocycles. The zero-order valence-corrected chi connectivity index (χ0v) is 13.2. The smallest absolute Gasteiger partial charge is 0.243 e. The van der Waals surface area contributed by atoms with E-state index in [9.17, 15) is 9.59 Å². The second kappa shape index (κ2) is 9.34. The van der Waals surface area contributed by atoms with Crippen LogP contribution >= 0.6 is 0 Å². The maximum absolute atomic E-state index is 11.5. The van der Waals surface area contributed by atoms with Crippen LogP contribution < -0.4 is 10.6 Å². The van der Waals surface area contributed by atoms with Gasteiger partial charge in [-0.1, -0.05) is 40.3 Å². The van der Waals surface area contributed by atoms with Gasteiger partial charge in [0, 0.05) is 13.1 Å². The highest BCUT2D eigenvalue weighted by atomic mass is 16.2. The van der Waals surface area contributed by atoms with E-state index in [4.69, 9.17) is 0 Å². The number of allylic oxidation sites excluding steroid dienone is 1. The van der Waals surface area contributed by atoms with Crippen LogP contribution in [0.1, 0.15) is 40.5 Å². The van der Waals surface area contributed by atoms with E-state index in [-0.39, 0.29) is 17.2 Å². The summed E-state index contributed by atoms with van der Waals surface area (Å²) in [4.78, 5) is 22.5. The standard InChI is InChI=1S/C16H28N2O2/c1-6-14(19)17-11-10-16(4,5)9-7-8-15(20)18-12-13(2)3/h6-8,13H,1,9-12H2,2-5H3,(H,17,19)(H,18,20)/b8-7-. The van der Waals surface area contributed by atoms with Crippen LogP contribution in [-0.2, 0) is 9.59 Å². The Labute approximate surface area is 122 Å². The Morgan fingerprint density at radius 2 is 1.85 bits per heavy atom. The van der Waals surface area contributed by atoms with E-state index in [1.165, 1.54) is 6.08 Å². The van der Waals surface area contributed by atoms with Crippen LogP contribution in [0.5, 0.6) is 0 Å². The molecule has 0 atom stereocenters. The highest BCUT2D eigenvalue weighted by Gasteiger charge is 2.15. The monoisotopic (exact) mass is 280 g/mol. The molecule has 4 nitrogen and oxygen atoms in total. The summed E-state index contributed by atoms with van der Waals surface area (Å²) in [5.74, 6) is 0.260. The van der Waals surface area contributed by atoms with Crippen LogP contribution in [0.2, 0.25) is 0 Å². The molecule has 2 N–H and O–H groups in total. The maximum atomic E-state index is 11.5. The fraction of sp³-hybridized carbons (Fsp3) is 0.625. The number of amides is 2. The number of carbonyl (C=O) groups is 2. The van der Waals surface area contributed by atoms with Gasteiger partial charge in [-0.3, -0.25) is 9.59 Å². The highest BCUT2D eigenvalue weighted by molar-refractivity contribution is 5.87. The summed E-state index contributed by atoms with van der Waals surface area (Å²) < 4.78 is 0. The predicted octanol–water partition coefficient (Wildman–Crippen LogP) is 2.42. The molecule has 0 aliphatic carbocycles. The summed E-state index contributed by atoms with van der Waals surface area (Å²) in [5, 5.41) is 5.60. The van der Waals surface area contributed by atoms with Gasteiger partial charge >= 0.3 is 0 Å². The van der Waals surface area contributed by atoms with Gasteiger partial charge in [0.2, 0.25) is 11.8 Å². The van der Waals surface area contributed by atoms with E-state index in [1.54, 1.807) is 6.08 Å². The van der Waals surface area contributed by atoms with Gasteiger partial charge in [0.25, 0.3) is 0 Å². The normalized spacial score (nSPS) is 11.7. The summed E-state index contributed by atoms with van der Waals surface area (Å²) in [7, 11) is 0. The number of nitrogens with one attached hydrogen (secondary N) is 2. The third kappa shape index (κ3) is 10.4. The Kier molecular flexibility index (Phi) is 8.61. The van der Waals surface area contributed by atoms with Crippen molar-refractivity contribution >= 4 is 11.8 Å². The summed E-state index contributed by atoms with van der Waals surface area (Å²) in [6.45, 7) is 13.1. The molecule has 0 radical (unpaired) electrons. The van der Waals surface area contributed by atoms with Crippen molar-refractivity contribution in [3.63, 3.8) is 0 Å². The van der Waals surface area contributed by atoms with Crippen molar-refractivity contribution in [1.82, 2.24) is 10.6 Å². The first-order valence-electron chi connectivity index (χ1n) is 7.11. The van der Waals surface area contributed by atoms with Crippen molar-refractivity contribution in [2.45, 2.75) is 40.5 Å². The third-order valence-electron chi connectivity index (χ3n) is 2.91. The lowest BCUT2D eigenvalue weighted by Gasteiger charge is -2.22. The number of rotatable bonds is 9. The van der Waals surface area contributed by atoms with E-state index < -0.39 is 0 Å². The third-order valence-corrected chi connectivity index (χ3v) is 2.91. The summed E-state index contributed by atoms with van der Waals surface area (Å²) in [5.41, 5.74) is 0.0449. The minimum atomic E-state index is -0.149. The predicted molar refractivity (Wildman–Crippen MR) is 83.2 cm³/mol. The van der Waals surface area contributed by atoms with Crippen molar-refractivity contribution in [2.24, 2.45) is 11.3 Å². The molecule has 0 aliphatic heterocycles. The van der Waals surface area contributed by atoms with Crippen molar-refractivity contribution in [3.05, 3.63) is 24.8 Å². The van der Waals surface area contributed by atoms with E-state index in [2.05, 4.69) is 44.9 Å². The average molecular weight is 280 g/mol. The molecule has 0 bridgehead atoms. The SMILES string of the molecule is C=CC(=O)NCCC(C)(C)C/C=C\C(=O)NCC(C)C. The molecule has 0 saturated heterocycles. The van der Waals surface area contributed by atoms with Crippen LogP contribution in [-0.4, -0.2) is 24.9 Å². The molecular formula is C16H28N2O2. The lowest BCUT2D eigenvalue weighted by atomic mass is 9.85. The van der Waals surface area contributed by atoms with Gasteiger partial charge in [-0.25, -0.2) is 0 Å². The van der Waals surface area contributed by atoms with Gasteiger partial charge in [0.1, 0.15) is 0 Å². The molecule has 0 unspecified atom stereocenters. The maximum Gasteiger partial charge on any atom is 0.243 e. The van der Waals surface area contributed by atoms with Gasteiger partial charge in [0.15, 0.2) is 0 Å². The first-order chi connectivity index (χ1) is 9.26. The first kappa shape index (κ1) is 18.4. The summed E-state index contributed by atoms with van der Waals surface area (Å²) in [6.07, 6.45) is 6.40. The molecule has 0 aliphatic rings. The number of hydrogen-bond donors (Lipinski definition) is 2. The molecular weight excluding hydrogens is 252 g/mol. The van der Waals surface area contributed by atoms with Gasteiger partial charge in [0.05, 0.1) is 0 Å². The zero-order chi connectivity index (χ0) is 15.6. The second-order valence-electron chi connectivity index (χ2n) is 6.15. The molecule has 2 amide bonds. The minimum absolute atomic E-state index is 0.0449. The Morgan fingerprint density at radius 3 is 2.40 bits per heavy atom. The molecule has 0 fully saturated rings. The minimum Gasteiger partial charge on any atom is -0.353 e. The van der Waals surface area contributed by atoms with Crippen molar-refractivity contribution < 1.29 is 9.59 Å². The van der Waals surface area contributed by atoms with Crippen molar-refractivity contribution in [3.8, 4) is 0 Å². The Morgan fingerprint density at radius 1 is 1.20 bits per heavy atom. The van der Waals surface area contributed by atoms with Crippen LogP contribution in [0.4, 0.5) is 0 Å². The highest BCUT2D eigenvalue weighted by Crippen LogP contribution is 2.24. The Hall–Kier alpha value is -1.58. The molecule has 114 valence electrons. The summed E-state index contributed by atoms with van der Waals surface area (Å²) >= 11 is 0. The molecule has 0 aromatic rings. The van der Waals surface area contributed by atoms with Crippen LogP contribution in [0, 0.1) is 11.3 Å². The molecule has 4 heteroatoms. The topological polar surface area (TPSA) is 58.2 Å². The first-order valence-corrected chi connectivity index (χ1v) is 7.11. The molecule has 0 saturated carbocycles. The zero-order valence-electron chi connectivity index (χ0n) is 13.2. The van der Waals surface area contributed by atoms with Gasteiger partial charge < -0.3 is 10.6 Å². The number of carbonyl (C=O) groups excluding carboxylic acids is 2. The average Bonchev–Trinajstić information content (AvgIpc) is 2.35. The van der Waals surface area contributed by atoms with Crippen molar-refractivity contribution in [1.29, 1.82) is 0 Å². The Bertz CT molecular complexity index is 357. The molecule has 0 aromatic heterocycles. The fourth-order valence-corrected chi connectivity index (χ4v) is 1.55. The van der Waals surface area contributed by atoms with E-state index in [0.717, 1.165) is 12.8 Å². The van der Waals surface area contributed by atoms with Gasteiger partial charge in [-0.2, -0.15) is 0 Å².